The van der Waals surface area contributed by atoms with Gasteiger partial charge in [0, 0.05) is 12.2 Å². The van der Waals surface area contributed by atoms with Crippen molar-refractivity contribution in [2.24, 2.45) is 10.7 Å². The van der Waals surface area contributed by atoms with Crippen LogP contribution >= 0.6 is 11.6 Å². The van der Waals surface area contributed by atoms with Gasteiger partial charge < -0.3 is 20.5 Å². The van der Waals surface area contributed by atoms with Crippen molar-refractivity contribution in [1.82, 2.24) is 0 Å². The molecule has 0 bridgehead atoms. The summed E-state index contributed by atoms with van der Waals surface area (Å²) < 4.78 is 11.1. The number of rotatable bonds is 4. The average Bonchev–Trinajstić information content (AvgIpc) is 2.58. The average molecular weight is 360 g/mol. The lowest BCUT2D eigenvalue weighted by Gasteiger charge is -2.20. The van der Waals surface area contributed by atoms with Crippen LogP contribution in [0.2, 0.25) is 5.02 Å². The Morgan fingerprint density at radius 3 is 2.76 bits per heavy atom. The number of nitrogens with one attached hydrogen (secondary N) is 1. The summed E-state index contributed by atoms with van der Waals surface area (Å²) in [6.07, 6.45) is 0.714. The van der Waals surface area contributed by atoms with Gasteiger partial charge in [-0.2, -0.15) is 0 Å². The Morgan fingerprint density at radius 2 is 1.96 bits per heavy atom. The van der Waals surface area contributed by atoms with Gasteiger partial charge in [-0.1, -0.05) is 17.7 Å². The van der Waals surface area contributed by atoms with Crippen LogP contribution in [0.3, 0.4) is 0 Å². The van der Waals surface area contributed by atoms with Crippen LogP contribution in [0.25, 0.3) is 0 Å². The predicted molar refractivity (Wildman–Crippen MR) is 102 cm³/mol. The van der Waals surface area contributed by atoms with Crippen molar-refractivity contribution >= 4 is 23.2 Å². The molecule has 0 unspecified atom stereocenters. The number of halogens is 1. The van der Waals surface area contributed by atoms with E-state index in [1.807, 2.05) is 18.2 Å². The Labute approximate surface area is 152 Å². The summed E-state index contributed by atoms with van der Waals surface area (Å²) in [5, 5.41) is 3.68. The van der Waals surface area contributed by atoms with Gasteiger partial charge in [0.05, 0.1) is 5.02 Å². The van der Waals surface area contributed by atoms with Crippen molar-refractivity contribution in [1.29, 1.82) is 0 Å². The highest BCUT2D eigenvalue weighted by atomic mass is 35.5. The Kier molecular flexibility index (Phi) is 5.34. The predicted octanol–water partition coefficient (Wildman–Crippen LogP) is 3.70. The van der Waals surface area contributed by atoms with Crippen LogP contribution in [0.5, 0.6) is 11.5 Å². The normalized spacial score (nSPS) is 13.6. The fourth-order valence-electron chi connectivity index (χ4n) is 2.62. The Hall–Kier alpha value is -2.40. The third-order valence-corrected chi connectivity index (χ3v) is 4.40. The van der Waals surface area contributed by atoms with Crippen LogP contribution in [0.15, 0.2) is 35.3 Å². The number of nitrogens with two attached hydrogens (primary N) is 1. The van der Waals surface area contributed by atoms with E-state index in [4.69, 9.17) is 26.8 Å². The second kappa shape index (κ2) is 7.66. The zero-order valence-electron chi connectivity index (χ0n) is 14.4. The van der Waals surface area contributed by atoms with E-state index in [1.165, 1.54) is 11.1 Å². The molecule has 0 saturated heterocycles. The van der Waals surface area contributed by atoms with Crippen LogP contribution in [0, 0.1) is 13.8 Å². The highest BCUT2D eigenvalue weighted by Crippen LogP contribution is 2.38. The molecule has 0 aliphatic carbocycles. The van der Waals surface area contributed by atoms with E-state index >= 15 is 0 Å². The molecule has 3 rings (SSSR count). The zero-order valence-corrected chi connectivity index (χ0v) is 15.2. The number of aryl methyl sites for hydroxylation is 2. The SMILES string of the molecule is Cc1ccc(NC(N)=NCCc2cc(Cl)c3c(c2)OCCO3)cc1C. The van der Waals surface area contributed by atoms with Crippen LogP contribution < -0.4 is 20.5 Å². The van der Waals surface area contributed by atoms with E-state index in [9.17, 15) is 0 Å². The van der Waals surface area contributed by atoms with Crippen molar-refractivity contribution in [2.45, 2.75) is 20.3 Å². The van der Waals surface area contributed by atoms with Crippen LogP contribution in [-0.2, 0) is 6.42 Å². The molecule has 3 N–H and O–H groups in total. The molecular formula is C19H22ClN3O2. The van der Waals surface area contributed by atoms with Crippen molar-refractivity contribution in [3.05, 3.63) is 52.0 Å². The summed E-state index contributed by atoms with van der Waals surface area (Å²) in [6, 6.07) is 9.94. The third kappa shape index (κ3) is 4.37. The lowest BCUT2D eigenvalue weighted by molar-refractivity contribution is 0.171. The molecule has 2 aromatic rings. The summed E-state index contributed by atoms with van der Waals surface area (Å²) in [5.41, 5.74) is 10.4. The van der Waals surface area contributed by atoms with E-state index in [-0.39, 0.29) is 0 Å². The number of nitrogens with zero attached hydrogens (tertiary/aromatic N) is 1. The minimum absolute atomic E-state index is 0.395. The van der Waals surface area contributed by atoms with Gasteiger partial charge in [0.1, 0.15) is 13.2 Å². The fourth-order valence-corrected chi connectivity index (χ4v) is 2.91. The standard InChI is InChI=1S/C19H22ClN3O2/c1-12-3-4-15(9-13(12)2)23-19(21)22-6-5-14-10-16(20)18-17(11-14)24-7-8-25-18/h3-4,9-11H,5-8H2,1-2H3,(H3,21,22,23). The van der Waals surface area contributed by atoms with E-state index in [1.54, 1.807) is 0 Å². The number of aliphatic imine (C=N–C) groups is 1. The number of hydrogen-bond donors (Lipinski definition) is 2. The molecule has 0 aromatic heterocycles. The molecule has 1 heterocycles. The zero-order chi connectivity index (χ0) is 17.8. The Balaban J connectivity index is 1.60. The molecule has 0 radical (unpaired) electrons. The van der Waals surface area contributed by atoms with Crippen molar-refractivity contribution < 1.29 is 9.47 Å². The number of guanidine groups is 1. The third-order valence-electron chi connectivity index (χ3n) is 4.12. The van der Waals surface area contributed by atoms with Crippen LogP contribution in [0.1, 0.15) is 16.7 Å². The number of hydrogen-bond acceptors (Lipinski definition) is 3. The summed E-state index contributed by atoms with van der Waals surface area (Å²) in [4.78, 5) is 4.38. The van der Waals surface area contributed by atoms with Gasteiger partial charge in [0.2, 0.25) is 0 Å². The van der Waals surface area contributed by atoms with Crippen molar-refractivity contribution in [3.8, 4) is 11.5 Å². The fraction of sp³-hybridized carbons (Fsp3) is 0.316. The largest absolute Gasteiger partial charge is 0.486 e. The number of ether oxygens (including phenoxy) is 2. The molecule has 0 amide bonds. The Morgan fingerprint density at radius 1 is 1.16 bits per heavy atom. The maximum Gasteiger partial charge on any atom is 0.193 e. The van der Waals surface area contributed by atoms with Crippen LogP contribution in [0.4, 0.5) is 5.69 Å². The summed E-state index contributed by atoms with van der Waals surface area (Å²) in [7, 11) is 0. The second-order valence-electron chi connectivity index (χ2n) is 6.04. The molecule has 132 valence electrons. The first kappa shape index (κ1) is 17.4. The smallest absolute Gasteiger partial charge is 0.193 e. The van der Waals surface area contributed by atoms with E-state index in [2.05, 4.69) is 36.3 Å². The van der Waals surface area contributed by atoms with Crippen LogP contribution in [-0.4, -0.2) is 25.7 Å². The van der Waals surface area contributed by atoms with Crippen molar-refractivity contribution in [3.63, 3.8) is 0 Å². The second-order valence-corrected chi connectivity index (χ2v) is 6.45. The highest BCUT2D eigenvalue weighted by Gasteiger charge is 2.16. The lowest BCUT2D eigenvalue weighted by atomic mass is 10.1. The summed E-state index contributed by atoms with van der Waals surface area (Å²) in [6.45, 7) is 5.77. The highest BCUT2D eigenvalue weighted by molar-refractivity contribution is 6.32. The quantitative estimate of drug-likeness (QED) is 0.645. The van der Waals surface area contributed by atoms with E-state index < -0.39 is 0 Å². The lowest BCUT2D eigenvalue weighted by Crippen LogP contribution is -2.23. The molecular weight excluding hydrogens is 338 g/mol. The summed E-state index contributed by atoms with van der Waals surface area (Å²) in [5.74, 6) is 1.71. The van der Waals surface area contributed by atoms with Gasteiger partial charge >= 0.3 is 0 Å². The number of anilines is 1. The number of benzene rings is 2. The first-order valence-corrected chi connectivity index (χ1v) is 8.63. The minimum atomic E-state index is 0.395. The van der Waals surface area contributed by atoms with Gasteiger partial charge in [-0.3, -0.25) is 4.99 Å². The van der Waals surface area contributed by atoms with Gasteiger partial charge in [-0.25, -0.2) is 0 Å². The van der Waals surface area contributed by atoms with Gasteiger partial charge in [-0.05, 0) is 61.2 Å². The van der Waals surface area contributed by atoms with Gasteiger partial charge in [0.15, 0.2) is 17.5 Å². The molecule has 0 atom stereocenters. The molecule has 0 spiro atoms. The molecule has 2 aromatic carbocycles. The topological polar surface area (TPSA) is 68.9 Å². The van der Waals surface area contributed by atoms with Crippen molar-refractivity contribution in [2.75, 3.05) is 25.1 Å². The first-order chi connectivity index (χ1) is 12.0. The molecule has 6 heteroatoms. The maximum absolute atomic E-state index is 6.25. The molecule has 1 aliphatic rings. The van der Waals surface area contributed by atoms with E-state index in [0.29, 0.717) is 48.7 Å². The van der Waals surface area contributed by atoms with E-state index in [0.717, 1.165) is 11.3 Å². The monoisotopic (exact) mass is 359 g/mol. The first-order valence-electron chi connectivity index (χ1n) is 8.25. The molecule has 25 heavy (non-hydrogen) atoms. The minimum Gasteiger partial charge on any atom is -0.486 e. The van der Waals surface area contributed by atoms with Gasteiger partial charge in [0.25, 0.3) is 0 Å². The molecule has 0 saturated carbocycles. The number of fused-ring (bicyclic) bond motifs is 1. The molecule has 0 fully saturated rings. The summed E-state index contributed by atoms with van der Waals surface area (Å²) >= 11 is 6.25. The molecule has 5 nitrogen and oxygen atoms in total. The Bertz CT molecular complexity index is 805. The maximum atomic E-state index is 6.25. The van der Waals surface area contributed by atoms with Gasteiger partial charge in [-0.15, -0.1) is 0 Å². The molecule has 1 aliphatic heterocycles.